The lowest BCUT2D eigenvalue weighted by Gasteiger charge is -2.35. The van der Waals surface area contributed by atoms with Gasteiger partial charge in [-0.25, -0.2) is 0 Å². The van der Waals surface area contributed by atoms with Crippen LogP contribution < -0.4 is 0 Å². The molecule has 0 saturated heterocycles. The van der Waals surface area contributed by atoms with Gasteiger partial charge < -0.3 is 4.74 Å². The summed E-state index contributed by atoms with van der Waals surface area (Å²) in [5, 5.41) is 9.65. The second-order valence-electron chi connectivity index (χ2n) is 8.85. The maximum atomic E-state index is 12.6. The molecule has 2 saturated carbocycles. The van der Waals surface area contributed by atoms with Gasteiger partial charge in [-0.3, -0.25) is 4.79 Å². The lowest BCUT2D eigenvalue weighted by atomic mass is 9.69. The number of carbonyl (C=O) groups is 1. The van der Waals surface area contributed by atoms with E-state index in [1.54, 1.807) is 0 Å². The fourth-order valence-corrected chi connectivity index (χ4v) is 4.83. The quantitative estimate of drug-likeness (QED) is 0.345. The summed E-state index contributed by atoms with van der Waals surface area (Å²) in [5.41, 5.74) is -0.177. The van der Waals surface area contributed by atoms with Crippen LogP contribution in [0.3, 0.4) is 0 Å². The van der Waals surface area contributed by atoms with Crippen molar-refractivity contribution in [2.45, 2.75) is 116 Å². The molecule has 0 spiro atoms. The summed E-state index contributed by atoms with van der Waals surface area (Å²) in [4.78, 5) is 12.6. The molecule has 0 aromatic rings. The molecule has 0 heterocycles. The summed E-state index contributed by atoms with van der Waals surface area (Å²) < 4.78 is 5.86. The Kier molecular flexibility index (Phi) is 8.96. The number of carbonyl (C=O) groups excluding carboxylic acids is 1. The smallest absolute Gasteiger partial charge is 0.309 e. The molecule has 2 aliphatic rings. The topological polar surface area (TPSA) is 50.1 Å². The molecule has 0 bridgehead atoms. The maximum Gasteiger partial charge on any atom is 0.309 e. The normalized spacial score (nSPS) is 32.0. The van der Waals surface area contributed by atoms with Crippen LogP contribution in [0.15, 0.2) is 0 Å². The minimum atomic E-state index is -0.177. The molecule has 0 atom stereocenters. The number of esters is 1. The van der Waals surface area contributed by atoms with Gasteiger partial charge in [-0.15, -0.1) is 0 Å². The molecule has 0 N–H and O–H groups in total. The molecular formula is C23H39NO2. The SMILES string of the molecule is CCCCC[C@]1(C#N)CC[C@@H](C(=O)O[C@H]2CC[C@H](CCCC)CC2)CC1. The first-order valence-electron chi connectivity index (χ1n) is 11.2. The van der Waals surface area contributed by atoms with Gasteiger partial charge in [0.05, 0.1) is 17.4 Å². The Morgan fingerprint density at radius 3 is 2.23 bits per heavy atom. The minimum absolute atomic E-state index is 0.0158. The third-order valence-electron chi connectivity index (χ3n) is 6.81. The van der Waals surface area contributed by atoms with Gasteiger partial charge in [0.15, 0.2) is 0 Å². The molecule has 2 rings (SSSR count). The van der Waals surface area contributed by atoms with Gasteiger partial charge in [0.1, 0.15) is 6.10 Å². The molecule has 26 heavy (non-hydrogen) atoms. The van der Waals surface area contributed by atoms with Crippen molar-refractivity contribution in [3.63, 3.8) is 0 Å². The van der Waals surface area contributed by atoms with Crippen LogP contribution in [-0.2, 0) is 9.53 Å². The molecule has 2 fully saturated rings. The van der Waals surface area contributed by atoms with E-state index in [0.29, 0.717) is 0 Å². The number of unbranched alkanes of at least 4 members (excludes halogenated alkanes) is 3. The highest BCUT2D eigenvalue weighted by atomic mass is 16.5. The summed E-state index contributed by atoms with van der Waals surface area (Å²) in [6.45, 7) is 4.45. The second-order valence-corrected chi connectivity index (χ2v) is 8.85. The van der Waals surface area contributed by atoms with Crippen LogP contribution in [0.25, 0.3) is 0 Å². The highest BCUT2D eigenvalue weighted by Gasteiger charge is 2.38. The fraction of sp³-hybridized carbons (Fsp3) is 0.913. The molecule has 2 aliphatic carbocycles. The van der Waals surface area contributed by atoms with Crippen LogP contribution in [0.1, 0.15) is 110 Å². The summed E-state index contributed by atoms with van der Waals surface area (Å²) in [7, 11) is 0. The number of hydrogen-bond donors (Lipinski definition) is 0. The summed E-state index contributed by atoms with van der Waals surface area (Å²) in [5.74, 6) is 0.890. The summed E-state index contributed by atoms with van der Waals surface area (Å²) in [6.07, 6.45) is 16.6. The number of hydrogen-bond acceptors (Lipinski definition) is 3. The van der Waals surface area contributed by atoms with Crippen LogP contribution in [0, 0.1) is 28.6 Å². The Morgan fingerprint density at radius 2 is 1.65 bits per heavy atom. The summed E-state index contributed by atoms with van der Waals surface area (Å²) in [6, 6.07) is 2.59. The molecule has 148 valence electrons. The average molecular weight is 362 g/mol. The van der Waals surface area contributed by atoms with E-state index >= 15 is 0 Å². The van der Waals surface area contributed by atoms with Crippen molar-refractivity contribution in [3.8, 4) is 6.07 Å². The third-order valence-corrected chi connectivity index (χ3v) is 6.81. The molecule has 0 unspecified atom stereocenters. The third kappa shape index (κ3) is 6.29. The average Bonchev–Trinajstić information content (AvgIpc) is 2.68. The Bertz CT molecular complexity index is 451. The number of nitriles is 1. The molecule has 3 nitrogen and oxygen atoms in total. The van der Waals surface area contributed by atoms with Gasteiger partial charge in [0, 0.05) is 0 Å². The minimum Gasteiger partial charge on any atom is -0.462 e. The van der Waals surface area contributed by atoms with Crippen molar-refractivity contribution < 1.29 is 9.53 Å². The number of ether oxygens (including phenoxy) is 1. The molecule has 0 amide bonds. The van der Waals surface area contributed by atoms with Gasteiger partial charge in [-0.1, -0.05) is 52.4 Å². The highest BCUT2D eigenvalue weighted by Crippen LogP contribution is 2.43. The zero-order valence-corrected chi connectivity index (χ0v) is 17.1. The molecular weight excluding hydrogens is 322 g/mol. The van der Waals surface area contributed by atoms with E-state index in [4.69, 9.17) is 4.74 Å². The van der Waals surface area contributed by atoms with E-state index in [1.165, 1.54) is 44.9 Å². The van der Waals surface area contributed by atoms with E-state index in [0.717, 1.165) is 57.3 Å². The van der Waals surface area contributed by atoms with Crippen LogP contribution in [0.2, 0.25) is 0 Å². The van der Waals surface area contributed by atoms with E-state index in [-0.39, 0.29) is 23.4 Å². The molecule has 3 heteroatoms. The van der Waals surface area contributed by atoms with E-state index in [2.05, 4.69) is 19.9 Å². The van der Waals surface area contributed by atoms with E-state index in [1.807, 2.05) is 0 Å². The Balaban J connectivity index is 1.71. The van der Waals surface area contributed by atoms with Gasteiger partial charge >= 0.3 is 5.97 Å². The number of rotatable bonds is 9. The molecule has 0 aromatic heterocycles. The zero-order valence-electron chi connectivity index (χ0n) is 17.1. The Morgan fingerprint density at radius 1 is 1.00 bits per heavy atom. The predicted molar refractivity (Wildman–Crippen MR) is 106 cm³/mol. The first-order chi connectivity index (χ1) is 12.6. The Hall–Kier alpha value is -1.04. The lowest BCUT2D eigenvalue weighted by Crippen LogP contribution is -2.33. The first kappa shape index (κ1) is 21.3. The maximum absolute atomic E-state index is 12.6. The van der Waals surface area contributed by atoms with Gasteiger partial charge in [-0.05, 0) is 63.7 Å². The van der Waals surface area contributed by atoms with Crippen LogP contribution in [0.4, 0.5) is 0 Å². The largest absolute Gasteiger partial charge is 0.462 e. The monoisotopic (exact) mass is 361 g/mol. The first-order valence-corrected chi connectivity index (χ1v) is 11.2. The van der Waals surface area contributed by atoms with Gasteiger partial charge in [0.2, 0.25) is 0 Å². The lowest BCUT2D eigenvalue weighted by molar-refractivity contribution is -0.157. The molecule has 0 aromatic carbocycles. The van der Waals surface area contributed by atoms with E-state index < -0.39 is 0 Å². The van der Waals surface area contributed by atoms with E-state index in [9.17, 15) is 10.1 Å². The van der Waals surface area contributed by atoms with Crippen LogP contribution in [-0.4, -0.2) is 12.1 Å². The standard InChI is InChI=1S/C23H39NO2/c1-3-5-7-15-23(18-24)16-13-20(14-17-23)22(25)26-21-11-9-19(10-12-21)8-6-4-2/h19-21H,3-17H2,1-2H3/t19-,20-,21-,23+. The van der Waals surface area contributed by atoms with Crippen molar-refractivity contribution >= 4 is 5.97 Å². The fourth-order valence-electron chi connectivity index (χ4n) is 4.83. The van der Waals surface area contributed by atoms with Gasteiger partial charge in [-0.2, -0.15) is 5.26 Å². The highest BCUT2D eigenvalue weighted by molar-refractivity contribution is 5.72. The van der Waals surface area contributed by atoms with Crippen LogP contribution in [0.5, 0.6) is 0 Å². The molecule has 0 radical (unpaired) electrons. The second kappa shape index (κ2) is 11.0. The number of nitrogens with zero attached hydrogens (tertiary/aromatic N) is 1. The van der Waals surface area contributed by atoms with Crippen molar-refractivity contribution in [2.75, 3.05) is 0 Å². The van der Waals surface area contributed by atoms with Gasteiger partial charge in [0.25, 0.3) is 0 Å². The van der Waals surface area contributed by atoms with Crippen molar-refractivity contribution in [2.24, 2.45) is 17.3 Å². The molecule has 0 aliphatic heterocycles. The zero-order chi connectivity index (χ0) is 18.8. The van der Waals surface area contributed by atoms with Crippen molar-refractivity contribution in [3.05, 3.63) is 0 Å². The van der Waals surface area contributed by atoms with Crippen molar-refractivity contribution in [1.82, 2.24) is 0 Å². The summed E-state index contributed by atoms with van der Waals surface area (Å²) >= 11 is 0. The Labute approximate surface area is 160 Å². The van der Waals surface area contributed by atoms with Crippen molar-refractivity contribution in [1.29, 1.82) is 5.26 Å². The predicted octanol–water partition coefficient (Wildman–Crippen LogP) is 6.56. The van der Waals surface area contributed by atoms with Crippen LogP contribution >= 0.6 is 0 Å².